The molecule has 0 bridgehead atoms. The van der Waals surface area contributed by atoms with Gasteiger partial charge in [0, 0.05) is 0 Å². The molecule has 0 aliphatic rings. The highest BCUT2D eigenvalue weighted by molar-refractivity contribution is 5.82. The maximum atomic E-state index is 5.28. The third-order valence-corrected chi connectivity index (χ3v) is 3.54. The first-order valence-electron chi connectivity index (χ1n) is 7.46. The largest absolute Gasteiger partial charge is 0.493 e. The number of nitrogens with one attached hydrogen (secondary N) is 1. The van der Waals surface area contributed by atoms with Crippen LogP contribution in [0.15, 0.2) is 47.6 Å². The highest BCUT2D eigenvalue weighted by atomic mass is 16.5. The first-order chi connectivity index (χ1) is 11.7. The molecule has 0 unspecified atom stereocenters. The Morgan fingerprint density at radius 2 is 1.67 bits per heavy atom. The van der Waals surface area contributed by atoms with E-state index in [2.05, 4.69) is 20.5 Å². The zero-order chi connectivity index (χ0) is 16.9. The molecule has 0 aliphatic carbocycles. The second-order valence-electron chi connectivity index (χ2n) is 5.13. The Kier molecular flexibility index (Phi) is 4.56. The number of ether oxygens (including phenoxy) is 2. The summed E-state index contributed by atoms with van der Waals surface area (Å²) in [6.45, 7) is 1.90. The molecule has 0 amide bonds. The number of hydrogen-bond donors (Lipinski definition) is 1. The molecular formula is C18H18N4O2. The van der Waals surface area contributed by atoms with Gasteiger partial charge < -0.3 is 9.47 Å². The molecule has 0 radical (unpaired) electrons. The minimum atomic E-state index is 0.630. The summed E-state index contributed by atoms with van der Waals surface area (Å²) >= 11 is 0. The molecule has 122 valence electrons. The number of rotatable bonds is 5. The molecule has 0 saturated heterocycles. The van der Waals surface area contributed by atoms with Crippen molar-refractivity contribution in [2.24, 2.45) is 5.10 Å². The van der Waals surface area contributed by atoms with Crippen molar-refractivity contribution in [1.29, 1.82) is 0 Å². The van der Waals surface area contributed by atoms with E-state index in [-0.39, 0.29) is 0 Å². The number of aromatic nitrogens is 2. The minimum absolute atomic E-state index is 0.630. The first kappa shape index (κ1) is 15.7. The smallest absolute Gasteiger partial charge is 0.168 e. The van der Waals surface area contributed by atoms with Gasteiger partial charge in [0.05, 0.1) is 37.2 Å². The van der Waals surface area contributed by atoms with Crippen LogP contribution < -0.4 is 14.9 Å². The van der Waals surface area contributed by atoms with Gasteiger partial charge in [0.25, 0.3) is 0 Å². The van der Waals surface area contributed by atoms with E-state index < -0.39 is 0 Å². The van der Waals surface area contributed by atoms with E-state index in [1.807, 2.05) is 49.4 Å². The molecule has 1 aromatic heterocycles. The zero-order valence-corrected chi connectivity index (χ0v) is 13.8. The fraction of sp³-hybridized carbons (Fsp3) is 0.167. The van der Waals surface area contributed by atoms with Crippen molar-refractivity contribution in [2.45, 2.75) is 6.92 Å². The molecule has 2 aromatic carbocycles. The molecule has 0 atom stereocenters. The summed E-state index contributed by atoms with van der Waals surface area (Å²) in [4.78, 5) is 9.05. The molecule has 1 heterocycles. The Hall–Kier alpha value is -3.15. The number of methoxy groups -OCH3 is 2. The van der Waals surface area contributed by atoms with Crippen LogP contribution in [0.5, 0.6) is 11.5 Å². The van der Waals surface area contributed by atoms with Gasteiger partial charge in [-0.15, -0.1) is 0 Å². The van der Waals surface area contributed by atoms with Crippen LogP contribution in [-0.2, 0) is 0 Å². The van der Waals surface area contributed by atoms with E-state index in [0.717, 1.165) is 22.3 Å². The Balaban J connectivity index is 1.80. The molecule has 1 N–H and O–H groups in total. The van der Waals surface area contributed by atoms with Crippen LogP contribution in [-0.4, -0.2) is 30.4 Å². The number of para-hydroxylation sites is 2. The van der Waals surface area contributed by atoms with Gasteiger partial charge in [0.2, 0.25) is 0 Å². The quantitative estimate of drug-likeness (QED) is 0.576. The van der Waals surface area contributed by atoms with E-state index in [1.54, 1.807) is 20.4 Å². The first-order valence-corrected chi connectivity index (χ1v) is 7.46. The van der Waals surface area contributed by atoms with Gasteiger partial charge in [-0.3, -0.25) is 5.43 Å². The molecule has 3 rings (SSSR count). The standard InChI is InChI=1S/C18H18N4O2/c1-12-18(21-15-7-5-4-6-14(15)20-12)22-19-11-13-8-9-16(23-2)17(10-13)24-3/h4-11H,1-3H3,(H,21,22). The minimum Gasteiger partial charge on any atom is -0.493 e. The van der Waals surface area contributed by atoms with E-state index in [0.29, 0.717) is 17.3 Å². The van der Waals surface area contributed by atoms with Crippen molar-refractivity contribution >= 4 is 23.1 Å². The second kappa shape index (κ2) is 6.95. The maximum Gasteiger partial charge on any atom is 0.168 e. The summed E-state index contributed by atoms with van der Waals surface area (Å²) in [5, 5.41) is 4.24. The monoisotopic (exact) mass is 322 g/mol. The Labute approximate surface area is 140 Å². The Morgan fingerprint density at radius 3 is 2.38 bits per heavy atom. The lowest BCUT2D eigenvalue weighted by Crippen LogP contribution is -1.99. The van der Waals surface area contributed by atoms with Crippen LogP contribution in [0.4, 0.5) is 5.82 Å². The van der Waals surface area contributed by atoms with Gasteiger partial charge in [-0.2, -0.15) is 5.10 Å². The van der Waals surface area contributed by atoms with Crippen molar-refractivity contribution in [2.75, 3.05) is 19.6 Å². The van der Waals surface area contributed by atoms with Crippen LogP contribution in [0.1, 0.15) is 11.3 Å². The fourth-order valence-electron chi connectivity index (χ4n) is 2.30. The van der Waals surface area contributed by atoms with Gasteiger partial charge in [-0.05, 0) is 42.8 Å². The van der Waals surface area contributed by atoms with Crippen LogP contribution in [0.3, 0.4) is 0 Å². The SMILES string of the molecule is COc1ccc(C=NNc2nc3ccccc3nc2C)cc1OC. The molecule has 3 aromatic rings. The normalized spacial score (nSPS) is 11.0. The van der Waals surface area contributed by atoms with Gasteiger partial charge in [0.15, 0.2) is 17.3 Å². The molecule has 0 saturated carbocycles. The number of hydrazone groups is 1. The molecular weight excluding hydrogens is 304 g/mol. The molecule has 6 nitrogen and oxygen atoms in total. The van der Waals surface area contributed by atoms with Crippen LogP contribution in [0, 0.1) is 6.92 Å². The van der Waals surface area contributed by atoms with Crippen LogP contribution in [0.25, 0.3) is 11.0 Å². The lowest BCUT2D eigenvalue weighted by molar-refractivity contribution is 0.355. The average molecular weight is 322 g/mol. The molecule has 0 spiro atoms. The molecule has 0 aliphatic heterocycles. The second-order valence-corrected chi connectivity index (χ2v) is 5.13. The lowest BCUT2D eigenvalue weighted by Gasteiger charge is -2.08. The Bertz CT molecular complexity index is 893. The topological polar surface area (TPSA) is 68.6 Å². The average Bonchev–Trinajstić information content (AvgIpc) is 2.62. The maximum absolute atomic E-state index is 5.28. The zero-order valence-electron chi connectivity index (χ0n) is 13.8. The van der Waals surface area contributed by atoms with E-state index >= 15 is 0 Å². The number of nitrogens with zero attached hydrogens (tertiary/aromatic N) is 3. The van der Waals surface area contributed by atoms with E-state index in [4.69, 9.17) is 9.47 Å². The summed E-state index contributed by atoms with van der Waals surface area (Å²) < 4.78 is 10.5. The highest BCUT2D eigenvalue weighted by Gasteiger charge is 2.05. The van der Waals surface area contributed by atoms with Crippen molar-refractivity contribution < 1.29 is 9.47 Å². The summed E-state index contributed by atoms with van der Waals surface area (Å²) in [5.41, 5.74) is 6.31. The lowest BCUT2D eigenvalue weighted by atomic mass is 10.2. The number of hydrogen-bond acceptors (Lipinski definition) is 6. The van der Waals surface area contributed by atoms with E-state index in [1.165, 1.54) is 0 Å². The number of fused-ring (bicyclic) bond motifs is 1. The van der Waals surface area contributed by atoms with Crippen molar-refractivity contribution in [3.63, 3.8) is 0 Å². The fourth-order valence-corrected chi connectivity index (χ4v) is 2.30. The number of anilines is 1. The highest BCUT2D eigenvalue weighted by Crippen LogP contribution is 2.26. The van der Waals surface area contributed by atoms with Crippen LogP contribution >= 0.6 is 0 Å². The predicted octanol–water partition coefficient (Wildman–Crippen LogP) is 3.40. The van der Waals surface area contributed by atoms with Crippen molar-refractivity contribution in [1.82, 2.24) is 9.97 Å². The van der Waals surface area contributed by atoms with Gasteiger partial charge in [-0.25, -0.2) is 9.97 Å². The summed E-state index contributed by atoms with van der Waals surface area (Å²) in [6, 6.07) is 13.3. The summed E-state index contributed by atoms with van der Waals surface area (Å²) in [7, 11) is 3.21. The third kappa shape index (κ3) is 3.27. The molecule has 24 heavy (non-hydrogen) atoms. The Morgan fingerprint density at radius 1 is 0.958 bits per heavy atom. The third-order valence-electron chi connectivity index (χ3n) is 3.54. The van der Waals surface area contributed by atoms with Gasteiger partial charge in [-0.1, -0.05) is 12.1 Å². The van der Waals surface area contributed by atoms with Gasteiger partial charge >= 0.3 is 0 Å². The van der Waals surface area contributed by atoms with Crippen molar-refractivity contribution in [3.05, 3.63) is 53.7 Å². The van der Waals surface area contributed by atoms with Crippen LogP contribution in [0.2, 0.25) is 0 Å². The predicted molar refractivity (Wildman–Crippen MR) is 95.0 cm³/mol. The summed E-state index contributed by atoms with van der Waals surface area (Å²) in [5.74, 6) is 1.97. The van der Waals surface area contributed by atoms with Crippen molar-refractivity contribution in [3.8, 4) is 11.5 Å². The van der Waals surface area contributed by atoms with Gasteiger partial charge in [0.1, 0.15) is 0 Å². The molecule has 6 heteroatoms. The number of benzene rings is 2. The molecule has 0 fully saturated rings. The number of aryl methyl sites for hydroxylation is 1. The van der Waals surface area contributed by atoms with E-state index in [9.17, 15) is 0 Å². The summed E-state index contributed by atoms with van der Waals surface area (Å²) in [6.07, 6.45) is 1.69.